The molecule has 26 heavy (non-hydrogen) atoms. The van der Waals surface area contributed by atoms with E-state index in [0.29, 0.717) is 6.42 Å². The molecule has 0 spiro atoms. The molecule has 1 saturated heterocycles. The topological polar surface area (TPSA) is 44.9 Å². The fourth-order valence-corrected chi connectivity index (χ4v) is 7.24. The molecular formula is C21H28N2OS2. The quantitative estimate of drug-likeness (QED) is 0.494. The number of aromatic nitrogens is 1. The first-order valence-electron chi connectivity index (χ1n) is 9.89. The van der Waals surface area contributed by atoms with Gasteiger partial charge in [-0.25, -0.2) is 0 Å². The second-order valence-corrected chi connectivity index (χ2v) is 10.4. The van der Waals surface area contributed by atoms with Crippen LogP contribution in [0.15, 0.2) is 18.2 Å². The Bertz CT molecular complexity index is 780. The molecular weight excluding hydrogens is 360 g/mol. The molecule has 2 atom stereocenters. The molecule has 140 valence electrons. The summed E-state index contributed by atoms with van der Waals surface area (Å²) in [4.78, 5) is 16.0. The summed E-state index contributed by atoms with van der Waals surface area (Å²) in [6.07, 6.45) is 8.76. The van der Waals surface area contributed by atoms with Gasteiger partial charge in [-0.2, -0.15) is 0 Å². The van der Waals surface area contributed by atoms with Gasteiger partial charge in [-0.3, -0.25) is 4.79 Å². The lowest BCUT2D eigenvalue weighted by Crippen LogP contribution is -2.30. The highest BCUT2D eigenvalue weighted by molar-refractivity contribution is 8.77. The minimum absolute atomic E-state index is 0.153. The fourth-order valence-electron chi connectivity index (χ4n) is 4.21. The number of amides is 1. The van der Waals surface area contributed by atoms with Gasteiger partial charge in [0.2, 0.25) is 5.91 Å². The molecule has 1 aromatic heterocycles. The number of aryl methyl sites for hydroxylation is 2. The first kappa shape index (κ1) is 18.3. The van der Waals surface area contributed by atoms with E-state index < -0.39 is 0 Å². The fraction of sp³-hybridized carbons (Fsp3) is 0.571. The second-order valence-electron chi connectivity index (χ2n) is 7.65. The molecule has 2 aromatic rings. The molecule has 2 N–H and O–H groups in total. The van der Waals surface area contributed by atoms with Crippen LogP contribution in [0.1, 0.15) is 67.8 Å². The summed E-state index contributed by atoms with van der Waals surface area (Å²) in [7, 11) is 4.04. The largest absolute Gasteiger partial charge is 0.356 e. The summed E-state index contributed by atoms with van der Waals surface area (Å²) in [5, 5.41) is 5.46. The first-order chi connectivity index (χ1) is 12.7. The van der Waals surface area contributed by atoms with E-state index in [0.717, 1.165) is 30.9 Å². The van der Waals surface area contributed by atoms with Gasteiger partial charge in [-0.05, 0) is 63.1 Å². The van der Waals surface area contributed by atoms with Gasteiger partial charge < -0.3 is 10.3 Å². The lowest BCUT2D eigenvalue weighted by Gasteiger charge is -2.24. The molecule has 2 heterocycles. The number of fused-ring (bicyclic) bond motifs is 3. The average Bonchev–Trinajstić information content (AvgIpc) is 3.27. The summed E-state index contributed by atoms with van der Waals surface area (Å²) >= 11 is 0. The highest BCUT2D eigenvalue weighted by atomic mass is 33.1. The van der Waals surface area contributed by atoms with Gasteiger partial charge in [-0.1, -0.05) is 39.6 Å². The normalized spacial score (nSPS) is 22.5. The van der Waals surface area contributed by atoms with Gasteiger partial charge >= 0.3 is 0 Å². The van der Waals surface area contributed by atoms with E-state index in [4.69, 9.17) is 0 Å². The van der Waals surface area contributed by atoms with Crippen molar-refractivity contribution in [1.82, 2.24) is 10.3 Å². The Morgan fingerprint density at radius 2 is 2.23 bits per heavy atom. The average molecular weight is 389 g/mol. The zero-order chi connectivity index (χ0) is 17.9. The predicted octanol–water partition coefficient (Wildman–Crippen LogP) is 5.68. The van der Waals surface area contributed by atoms with Crippen LogP contribution in [0.3, 0.4) is 0 Å². The van der Waals surface area contributed by atoms with Crippen LogP contribution < -0.4 is 5.32 Å². The molecule has 0 bridgehead atoms. The Hall–Kier alpha value is -1.07. The summed E-state index contributed by atoms with van der Waals surface area (Å²) in [5.41, 5.74) is 5.15. The maximum absolute atomic E-state index is 12.5. The zero-order valence-corrected chi connectivity index (χ0v) is 17.1. The van der Waals surface area contributed by atoms with Crippen molar-refractivity contribution in [3.63, 3.8) is 0 Å². The van der Waals surface area contributed by atoms with Crippen molar-refractivity contribution in [3.8, 4) is 0 Å². The molecule has 1 aromatic carbocycles. The highest BCUT2D eigenvalue weighted by Crippen LogP contribution is 2.40. The van der Waals surface area contributed by atoms with Crippen molar-refractivity contribution in [3.05, 3.63) is 35.0 Å². The van der Waals surface area contributed by atoms with Crippen LogP contribution in [0.5, 0.6) is 0 Å². The Labute approximate surface area is 163 Å². The van der Waals surface area contributed by atoms with E-state index in [-0.39, 0.29) is 11.9 Å². The predicted molar refractivity (Wildman–Crippen MR) is 114 cm³/mol. The molecule has 0 radical (unpaired) electrons. The van der Waals surface area contributed by atoms with Crippen molar-refractivity contribution in [2.24, 2.45) is 0 Å². The number of hydrogen-bond acceptors (Lipinski definition) is 3. The van der Waals surface area contributed by atoms with Crippen LogP contribution in [-0.2, 0) is 11.2 Å². The number of carbonyl (C=O) groups is 1. The van der Waals surface area contributed by atoms with Crippen LogP contribution in [0.25, 0.3) is 10.9 Å². The number of hydrogen-bond donors (Lipinski definition) is 2. The third-order valence-corrected chi connectivity index (χ3v) is 8.61. The van der Waals surface area contributed by atoms with Crippen molar-refractivity contribution < 1.29 is 4.79 Å². The molecule has 2 aliphatic rings. The van der Waals surface area contributed by atoms with Gasteiger partial charge in [0.15, 0.2) is 0 Å². The molecule has 1 amide bonds. The Balaban J connectivity index is 1.34. The second kappa shape index (κ2) is 8.30. The van der Waals surface area contributed by atoms with Crippen LogP contribution in [-0.4, -0.2) is 21.9 Å². The summed E-state index contributed by atoms with van der Waals surface area (Å²) < 4.78 is 0. The molecule has 4 rings (SSSR count). The molecule has 1 aliphatic heterocycles. The first-order valence-corrected chi connectivity index (χ1v) is 12.3. The lowest BCUT2D eigenvalue weighted by atomic mass is 9.91. The van der Waals surface area contributed by atoms with E-state index in [1.165, 1.54) is 52.7 Å². The Morgan fingerprint density at radius 1 is 1.31 bits per heavy atom. The third kappa shape index (κ3) is 4.09. The van der Waals surface area contributed by atoms with Crippen molar-refractivity contribution in [2.75, 3.05) is 5.75 Å². The molecule has 2 unspecified atom stereocenters. The SMILES string of the molecule is Cc1ccc2[nH]c3c(c2c1)CCCC3NC(=O)CCCCC1CCSS1. The molecule has 3 nitrogen and oxygen atoms in total. The lowest BCUT2D eigenvalue weighted by molar-refractivity contribution is -0.122. The number of nitrogens with one attached hydrogen (secondary N) is 2. The number of carbonyl (C=O) groups excluding carboxylic acids is 1. The minimum atomic E-state index is 0.153. The summed E-state index contributed by atoms with van der Waals surface area (Å²) in [6.45, 7) is 2.14. The van der Waals surface area contributed by atoms with Gasteiger partial charge in [0, 0.05) is 34.0 Å². The van der Waals surface area contributed by atoms with Crippen LogP contribution in [0.4, 0.5) is 0 Å². The summed E-state index contributed by atoms with van der Waals surface area (Å²) in [5.74, 6) is 1.51. The standard InChI is InChI=1S/C21H28N2OS2/c1-14-9-10-18-17(13-14)16-6-4-7-19(21(16)23-18)22-20(24)8-3-2-5-15-11-12-25-26-15/h9-10,13,15,19,23H,2-8,11-12H2,1H3,(H,22,24). The third-order valence-electron chi connectivity index (χ3n) is 5.61. The maximum Gasteiger partial charge on any atom is 0.220 e. The van der Waals surface area contributed by atoms with E-state index in [1.807, 2.05) is 21.6 Å². The van der Waals surface area contributed by atoms with Gasteiger partial charge in [0.1, 0.15) is 0 Å². The Morgan fingerprint density at radius 3 is 3.08 bits per heavy atom. The van der Waals surface area contributed by atoms with Crippen molar-refractivity contribution >= 4 is 38.4 Å². The zero-order valence-electron chi connectivity index (χ0n) is 15.5. The van der Waals surface area contributed by atoms with E-state index in [9.17, 15) is 4.79 Å². The van der Waals surface area contributed by atoms with Crippen LogP contribution >= 0.6 is 21.6 Å². The smallest absolute Gasteiger partial charge is 0.220 e. The number of benzene rings is 1. The van der Waals surface area contributed by atoms with Crippen LogP contribution in [0.2, 0.25) is 0 Å². The Kier molecular flexibility index (Phi) is 5.84. The molecule has 1 fully saturated rings. The number of unbranched alkanes of at least 4 members (excludes halogenated alkanes) is 1. The monoisotopic (exact) mass is 388 g/mol. The van der Waals surface area contributed by atoms with Gasteiger partial charge in [0.25, 0.3) is 0 Å². The number of aromatic amines is 1. The summed E-state index contributed by atoms with van der Waals surface area (Å²) in [6, 6.07) is 6.75. The maximum atomic E-state index is 12.5. The van der Waals surface area contributed by atoms with E-state index in [1.54, 1.807) is 0 Å². The van der Waals surface area contributed by atoms with E-state index >= 15 is 0 Å². The van der Waals surface area contributed by atoms with E-state index in [2.05, 4.69) is 35.4 Å². The van der Waals surface area contributed by atoms with Crippen LogP contribution in [0, 0.1) is 6.92 Å². The highest BCUT2D eigenvalue weighted by Gasteiger charge is 2.25. The molecule has 5 heteroatoms. The number of H-pyrrole nitrogens is 1. The minimum Gasteiger partial charge on any atom is -0.356 e. The van der Waals surface area contributed by atoms with Crippen molar-refractivity contribution in [2.45, 2.75) is 69.6 Å². The molecule has 1 aliphatic carbocycles. The van der Waals surface area contributed by atoms with Crippen molar-refractivity contribution in [1.29, 1.82) is 0 Å². The number of rotatable bonds is 6. The molecule has 0 saturated carbocycles. The van der Waals surface area contributed by atoms with Gasteiger partial charge in [0.05, 0.1) is 6.04 Å². The van der Waals surface area contributed by atoms with Gasteiger partial charge in [-0.15, -0.1) is 0 Å².